The summed E-state index contributed by atoms with van der Waals surface area (Å²) >= 11 is 0. The first-order valence-electron chi connectivity index (χ1n) is 9.58. The van der Waals surface area contributed by atoms with Crippen molar-refractivity contribution >= 4 is 35.6 Å². The highest BCUT2D eigenvalue weighted by atomic mass is 16.4. The van der Waals surface area contributed by atoms with Crippen LogP contribution in [0.1, 0.15) is 5.56 Å². The second-order valence-corrected chi connectivity index (χ2v) is 7.12. The fourth-order valence-electron chi connectivity index (χ4n) is 3.99. The van der Waals surface area contributed by atoms with Crippen LogP contribution >= 0.6 is 0 Å². The van der Waals surface area contributed by atoms with E-state index in [-0.39, 0.29) is 18.7 Å². The number of aliphatic carboxylic acids is 4. The van der Waals surface area contributed by atoms with Crippen molar-refractivity contribution in [2.24, 2.45) is 0 Å². The molecule has 0 amide bonds. The van der Waals surface area contributed by atoms with Gasteiger partial charge in [-0.05, 0) is 17.7 Å². The summed E-state index contributed by atoms with van der Waals surface area (Å²) in [6.45, 7) is 1.31. The van der Waals surface area contributed by atoms with Crippen molar-refractivity contribution in [3.63, 3.8) is 0 Å². The Labute approximate surface area is 182 Å². The van der Waals surface area contributed by atoms with E-state index in [4.69, 9.17) is 0 Å². The van der Waals surface area contributed by atoms with Crippen LogP contribution in [0, 0.1) is 0 Å². The molecule has 2 aliphatic heterocycles. The van der Waals surface area contributed by atoms with Gasteiger partial charge in [-0.3, -0.25) is 4.90 Å². The predicted octanol–water partition coefficient (Wildman–Crippen LogP) is 0.288. The molecule has 0 radical (unpaired) electrons. The second-order valence-electron chi connectivity index (χ2n) is 7.12. The average Bonchev–Trinajstić information content (AvgIpc) is 2.75. The minimum atomic E-state index is -1.96. The van der Waals surface area contributed by atoms with Crippen LogP contribution in [0.3, 0.4) is 0 Å². The van der Waals surface area contributed by atoms with E-state index in [1.165, 1.54) is 6.08 Å². The lowest BCUT2D eigenvalue weighted by atomic mass is 9.79. The zero-order valence-corrected chi connectivity index (χ0v) is 16.7. The number of rotatable bonds is 7. The van der Waals surface area contributed by atoms with Crippen LogP contribution < -0.4 is 10.6 Å². The molecule has 0 spiro atoms. The van der Waals surface area contributed by atoms with Crippen LogP contribution in [-0.4, -0.2) is 81.0 Å². The van der Waals surface area contributed by atoms with Crippen LogP contribution in [0.25, 0.3) is 6.08 Å². The maximum absolute atomic E-state index is 12.3. The molecule has 6 N–H and O–H groups in total. The maximum Gasteiger partial charge on any atom is 0.336 e. The molecule has 11 nitrogen and oxygen atoms in total. The quantitative estimate of drug-likeness (QED) is 0.319. The summed E-state index contributed by atoms with van der Waals surface area (Å²) in [5, 5.41) is 44.7. The molecule has 1 saturated heterocycles. The molecule has 1 unspecified atom stereocenters. The number of nitrogens with one attached hydrogen (secondary N) is 2. The molecular weight excluding hydrogens is 422 g/mol. The minimum absolute atomic E-state index is 0.192. The first-order chi connectivity index (χ1) is 15.2. The lowest BCUT2D eigenvalue weighted by Crippen LogP contribution is -2.64. The molecule has 0 aliphatic carbocycles. The number of nitrogens with zero attached hydrogens (tertiary/aromatic N) is 1. The molecule has 1 fully saturated rings. The van der Waals surface area contributed by atoms with E-state index in [1.807, 2.05) is 0 Å². The van der Waals surface area contributed by atoms with E-state index in [0.29, 0.717) is 36.5 Å². The van der Waals surface area contributed by atoms with Crippen molar-refractivity contribution in [1.82, 2.24) is 10.2 Å². The first-order valence-corrected chi connectivity index (χ1v) is 9.58. The van der Waals surface area contributed by atoms with E-state index in [9.17, 15) is 39.6 Å². The zero-order chi connectivity index (χ0) is 23.5. The standard InChI is InChI=1S/C21H21N3O8/c25-17(26)10-13(19(29)30)14-9-12-3-1-2-4-16(12)23-21(14,24-7-5-22-6-8-24)15(20(31)32)11-18(27)28/h1-4,9-11,22-23H,5-8H2,(H,25,26)(H,27,28)(H,29,30)(H,31,32). The number of piperazine rings is 1. The molecule has 11 heteroatoms. The summed E-state index contributed by atoms with van der Waals surface area (Å²) < 4.78 is 0. The summed E-state index contributed by atoms with van der Waals surface area (Å²) in [6.07, 6.45) is 2.36. The number of anilines is 1. The summed E-state index contributed by atoms with van der Waals surface area (Å²) in [5.41, 5.74) is -2.54. The SMILES string of the molecule is O=C(O)C=C(C(=O)O)C1=Cc2ccccc2NC1(C(=CC(=O)O)C(=O)O)N1CCNCC1. The fraction of sp³-hybridized carbons (Fsp3) is 0.238. The number of hydrogen-bond acceptors (Lipinski definition) is 7. The minimum Gasteiger partial charge on any atom is -0.478 e. The van der Waals surface area contributed by atoms with Crippen molar-refractivity contribution in [2.45, 2.75) is 5.66 Å². The summed E-state index contributed by atoms with van der Waals surface area (Å²) in [4.78, 5) is 49.1. The number of para-hydroxylation sites is 1. The summed E-state index contributed by atoms with van der Waals surface area (Å²) in [5.74, 6) is -6.28. The monoisotopic (exact) mass is 443 g/mol. The van der Waals surface area contributed by atoms with E-state index in [0.717, 1.165) is 0 Å². The number of carbonyl (C=O) groups is 4. The number of carboxylic acids is 4. The predicted molar refractivity (Wildman–Crippen MR) is 112 cm³/mol. The number of hydrogen-bond donors (Lipinski definition) is 6. The summed E-state index contributed by atoms with van der Waals surface area (Å²) in [7, 11) is 0. The molecular formula is C21H21N3O8. The lowest BCUT2D eigenvalue weighted by molar-refractivity contribution is -0.136. The number of benzene rings is 1. The van der Waals surface area contributed by atoms with E-state index in [1.54, 1.807) is 29.2 Å². The van der Waals surface area contributed by atoms with Crippen molar-refractivity contribution < 1.29 is 39.6 Å². The Kier molecular flexibility index (Phi) is 6.42. The second kappa shape index (κ2) is 9.04. The van der Waals surface area contributed by atoms with Crippen molar-refractivity contribution in [2.75, 3.05) is 31.5 Å². The average molecular weight is 443 g/mol. The lowest BCUT2D eigenvalue weighted by Gasteiger charge is -2.50. The fourth-order valence-corrected chi connectivity index (χ4v) is 3.99. The van der Waals surface area contributed by atoms with Gasteiger partial charge in [0.25, 0.3) is 0 Å². The van der Waals surface area contributed by atoms with Crippen LogP contribution in [0.4, 0.5) is 5.69 Å². The molecule has 1 aromatic rings. The van der Waals surface area contributed by atoms with E-state index in [2.05, 4.69) is 10.6 Å². The van der Waals surface area contributed by atoms with Crippen LogP contribution in [0.5, 0.6) is 0 Å². The van der Waals surface area contributed by atoms with Gasteiger partial charge in [-0.1, -0.05) is 18.2 Å². The highest BCUT2D eigenvalue weighted by Crippen LogP contribution is 2.44. The Morgan fingerprint density at radius 2 is 1.53 bits per heavy atom. The molecule has 0 saturated carbocycles. The van der Waals surface area contributed by atoms with Gasteiger partial charge in [0.2, 0.25) is 0 Å². The van der Waals surface area contributed by atoms with Gasteiger partial charge in [0, 0.05) is 49.6 Å². The Morgan fingerprint density at radius 3 is 2.09 bits per heavy atom. The summed E-state index contributed by atoms with van der Waals surface area (Å²) in [6, 6.07) is 6.64. The van der Waals surface area contributed by atoms with Gasteiger partial charge in [0.05, 0.1) is 11.1 Å². The largest absolute Gasteiger partial charge is 0.478 e. The molecule has 2 heterocycles. The van der Waals surface area contributed by atoms with Crippen molar-refractivity contribution in [1.29, 1.82) is 0 Å². The molecule has 168 valence electrons. The zero-order valence-electron chi connectivity index (χ0n) is 16.7. The maximum atomic E-state index is 12.3. The molecule has 0 aromatic heterocycles. The van der Waals surface area contributed by atoms with Crippen molar-refractivity contribution in [3.05, 3.63) is 58.7 Å². The third kappa shape index (κ3) is 4.24. The number of carboxylic acid groups (broad SMARTS) is 4. The number of fused-ring (bicyclic) bond motifs is 1. The molecule has 0 bridgehead atoms. The highest BCUT2D eigenvalue weighted by Gasteiger charge is 2.51. The van der Waals surface area contributed by atoms with E-state index < -0.39 is 40.7 Å². The van der Waals surface area contributed by atoms with E-state index >= 15 is 0 Å². The third-order valence-electron chi connectivity index (χ3n) is 5.23. The Morgan fingerprint density at radius 1 is 0.906 bits per heavy atom. The van der Waals surface area contributed by atoms with Gasteiger partial charge in [0.1, 0.15) is 0 Å². The topological polar surface area (TPSA) is 176 Å². The van der Waals surface area contributed by atoms with Gasteiger partial charge in [0.15, 0.2) is 5.66 Å². The Bertz CT molecular complexity index is 1070. The Hall–Kier alpha value is -3.96. The first kappa shape index (κ1) is 22.7. The molecule has 2 aliphatic rings. The molecule has 3 rings (SSSR count). The normalized spacial score (nSPS) is 21.7. The molecule has 32 heavy (non-hydrogen) atoms. The van der Waals surface area contributed by atoms with Gasteiger partial charge in [-0.15, -0.1) is 0 Å². The van der Waals surface area contributed by atoms with Crippen LogP contribution in [0.2, 0.25) is 0 Å². The van der Waals surface area contributed by atoms with Gasteiger partial charge < -0.3 is 31.1 Å². The molecule has 1 atom stereocenters. The van der Waals surface area contributed by atoms with Gasteiger partial charge in [-0.25, -0.2) is 19.2 Å². The van der Waals surface area contributed by atoms with Crippen LogP contribution in [0.15, 0.2) is 53.1 Å². The van der Waals surface area contributed by atoms with Crippen molar-refractivity contribution in [3.8, 4) is 0 Å². The molecule has 1 aromatic carbocycles. The van der Waals surface area contributed by atoms with Crippen LogP contribution in [-0.2, 0) is 19.2 Å². The Balaban J connectivity index is 2.43. The van der Waals surface area contributed by atoms with Gasteiger partial charge in [-0.2, -0.15) is 0 Å². The van der Waals surface area contributed by atoms with Gasteiger partial charge >= 0.3 is 23.9 Å². The third-order valence-corrected chi connectivity index (χ3v) is 5.23. The highest BCUT2D eigenvalue weighted by molar-refractivity contribution is 6.06. The smallest absolute Gasteiger partial charge is 0.336 e.